The van der Waals surface area contributed by atoms with Crippen LogP contribution in [0.1, 0.15) is 28.2 Å². The molecule has 2 aliphatic rings. The van der Waals surface area contributed by atoms with E-state index in [1.165, 1.54) is 0 Å². The third-order valence-corrected chi connectivity index (χ3v) is 5.87. The number of hydrogen-bond acceptors (Lipinski definition) is 4. The molecular formula is C22H20N4O3. The molecule has 0 bridgehead atoms. The molecule has 5 rings (SSSR count). The van der Waals surface area contributed by atoms with Crippen LogP contribution >= 0.6 is 0 Å². The van der Waals surface area contributed by atoms with Crippen LogP contribution in [0.2, 0.25) is 0 Å². The van der Waals surface area contributed by atoms with E-state index in [2.05, 4.69) is 9.97 Å². The predicted molar refractivity (Wildman–Crippen MR) is 107 cm³/mol. The van der Waals surface area contributed by atoms with Gasteiger partial charge in [-0.25, -0.2) is 4.98 Å². The van der Waals surface area contributed by atoms with Crippen LogP contribution in [-0.4, -0.2) is 50.2 Å². The van der Waals surface area contributed by atoms with Crippen molar-refractivity contribution in [3.8, 4) is 0 Å². The second-order valence-electron chi connectivity index (χ2n) is 7.91. The van der Waals surface area contributed by atoms with E-state index in [4.69, 9.17) is 0 Å². The van der Waals surface area contributed by atoms with Crippen molar-refractivity contribution in [2.24, 2.45) is 0 Å². The zero-order chi connectivity index (χ0) is 20.2. The van der Waals surface area contributed by atoms with Gasteiger partial charge in [0, 0.05) is 25.2 Å². The highest BCUT2D eigenvalue weighted by Gasteiger charge is 2.59. The van der Waals surface area contributed by atoms with Gasteiger partial charge in [0.1, 0.15) is 5.82 Å². The molecule has 1 N–H and O–H groups in total. The number of β-lactam (4-membered cyclic amide) rings is 1. The highest BCUT2D eigenvalue weighted by molar-refractivity contribution is 5.99. The molecular weight excluding hydrogens is 368 g/mol. The van der Waals surface area contributed by atoms with Gasteiger partial charge in [-0.2, -0.15) is 0 Å². The Balaban J connectivity index is 1.33. The second kappa shape index (κ2) is 6.27. The van der Waals surface area contributed by atoms with E-state index < -0.39 is 0 Å². The first-order chi connectivity index (χ1) is 13.9. The van der Waals surface area contributed by atoms with Gasteiger partial charge < -0.3 is 14.8 Å². The maximum atomic E-state index is 12.9. The molecule has 7 heteroatoms. The van der Waals surface area contributed by atoms with Crippen LogP contribution < -0.4 is 5.56 Å². The Hall–Kier alpha value is -3.48. The molecule has 2 amide bonds. The smallest absolute Gasteiger partial charge is 0.258 e. The number of aromatic amines is 1. The number of carbonyl (C=O) groups excluding carboxylic acids is 2. The molecule has 0 saturated carbocycles. The molecule has 0 atom stereocenters. The minimum Gasteiger partial charge on any atom is -0.334 e. The zero-order valence-corrected chi connectivity index (χ0v) is 16.0. The van der Waals surface area contributed by atoms with Crippen molar-refractivity contribution < 1.29 is 9.59 Å². The summed E-state index contributed by atoms with van der Waals surface area (Å²) in [7, 11) is 0. The summed E-state index contributed by atoms with van der Waals surface area (Å²) in [6, 6.07) is 14.9. The van der Waals surface area contributed by atoms with Crippen molar-refractivity contribution >= 4 is 22.7 Å². The van der Waals surface area contributed by atoms with Crippen molar-refractivity contribution in [3.63, 3.8) is 0 Å². The highest BCUT2D eigenvalue weighted by atomic mass is 16.2. The molecule has 0 aliphatic carbocycles. The van der Waals surface area contributed by atoms with Crippen molar-refractivity contribution in [3.05, 3.63) is 75.8 Å². The van der Waals surface area contributed by atoms with E-state index in [-0.39, 0.29) is 22.9 Å². The van der Waals surface area contributed by atoms with E-state index in [0.717, 1.165) is 5.56 Å². The Labute approximate surface area is 167 Å². The number of fused-ring (bicyclic) bond motifs is 1. The van der Waals surface area contributed by atoms with Gasteiger partial charge in [-0.3, -0.25) is 14.4 Å². The van der Waals surface area contributed by atoms with Crippen molar-refractivity contribution in [2.75, 3.05) is 13.1 Å². The van der Waals surface area contributed by atoms with Crippen LogP contribution in [0.25, 0.3) is 10.9 Å². The molecule has 146 valence electrons. The minimum absolute atomic E-state index is 0.101. The first kappa shape index (κ1) is 17.6. The SMILES string of the molecule is Cc1nc2cc(C(=O)N3CC4(CC(=O)N4Cc4ccccc4)C3)ccc2c(=O)[nH]1. The summed E-state index contributed by atoms with van der Waals surface area (Å²) in [6.07, 6.45) is 0.484. The molecule has 2 aromatic carbocycles. The van der Waals surface area contributed by atoms with Gasteiger partial charge in [-0.15, -0.1) is 0 Å². The average molecular weight is 388 g/mol. The second-order valence-corrected chi connectivity index (χ2v) is 7.91. The number of aryl methyl sites for hydroxylation is 1. The minimum atomic E-state index is -0.245. The molecule has 3 heterocycles. The van der Waals surface area contributed by atoms with Crippen LogP contribution in [0.5, 0.6) is 0 Å². The quantitative estimate of drug-likeness (QED) is 0.694. The number of nitrogens with one attached hydrogen (secondary N) is 1. The Morgan fingerprint density at radius 1 is 1.14 bits per heavy atom. The highest BCUT2D eigenvalue weighted by Crippen LogP contribution is 2.41. The summed E-state index contributed by atoms with van der Waals surface area (Å²) in [5, 5.41) is 0.464. The molecule has 2 aliphatic heterocycles. The number of amides is 2. The number of aromatic nitrogens is 2. The average Bonchev–Trinajstić information content (AvgIpc) is 2.68. The maximum absolute atomic E-state index is 12.9. The molecule has 1 aromatic heterocycles. The maximum Gasteiger partial charge on any atom is 0.258 e. The lowest BCUT2D eigenvalue weighted by Gasteiger charge is -2.61. The van der Waals surface area contributed by atoms with Gasteiger partial charge in [-0.1, -0.05) is 30.3 Å². The number of nitrogens with zero attached hydrogens (tertiary/aromatic N) is 3. The van der Waals surface area contributed by atoms with Crippen LogP contribution in [0, 0.1) is 6.92 Å². The predicted octanol–water partition coefficient (Wildman–Crippen LogP) is 1.86. The fourth-order valence-electron chi connectivity index (χ4n) is 4.33. The van der Waals surface area contributed by atoms with Gasteiger partial charge in [0.05, 0.1) is 22.9 Å². The normalized spacial score (nSPS) is 17.3. The lowest BCUT2D eigenvalue weighted by molar-refractivity contribution is -0.173. The van der Waals surface area contributed by atoms with Crippen LogP contribution in [0.15, 0.2) is 53.3 Å². The monoisotopic (exact) mass is 388 g/mol. The van der Waals surface area contributed by atoms with Crippen molar-refractivity contribution in [1.29, 1.82) is 0 Å². The number of hydrogen-bond donors (Lipinski definition) is 1. The van der Waals surface area contributed by atoms with Gasteiger partial charge >= 0.3 is 0 Å². The van der Waals surface area contributed by atoms with Gasteiger partial charge in [0.25, 0.3) is 11.5 Å². The summed E-state index contributed by atoms with van der Waals surface area (Å²) in [5.74, 6) is 0.543. The largest absolute Gasteiger partial charge is 0.334 e. The summed E-state index contributed by atoms with van der Waals surface area (Å²) in [6.45, 7) is 3.35. The number of H-pyrrole nitrogens is 1. The zero-order valence-electron chi connectivity index (χ0n) is 16.0. The molecule has 2 fully saturated rings. The Kier molecular flexibility index (Phi) is 3.81. The first-order valence-electron chi connectivity index (χ1n) is 9.60. The summed E-state index contributed by atoms with van der Waals surface area (Å²) >= 11 is 0. The molecule has 2 saturated heterocycles. The summed E-state index contributed by atoms with van der Waals surface area (Å²) < 4.78 is 0. The van der Waals surface area contributed by atoms with Crippen LogP contribution in [0.3, 0.4) is 0 Å². The molecule has 0 unspecified atom stereocenters. The lowest BCUT2D eigenvalue weighted by Crippen LogP contribution is -2.79. The van der Waals surface area contributed by atoms with E-state index in [1.807, 2.05) is 35.2 Å². The van der Waals surface area contributed by atoms with E-state index in [9.17, 15) is 14.4 Å². The number of rotatable bonds is 3. The van der Waals surface area contributed by atoms with E-state index >= 15 is 0 Å². The molecule has 1 spiro atoms. The molecule has 7 nitrogen and oxygen atoms in total. The summed E-state index contributed by atoms with van der Waals surface area (Å²) in [4.78, 5) is 47.7. The Morgan fingerprint density at radius 2 is 1.90 bits per heavy atom. The van der Waals surface area contributed by atoms with Gasteiger partial charge in [0.2, 0.25) is 5.91 Å². The first-order valence-corrected chi connectivity index (χ1v) is 9.60. The van der Waals surface area contributed by atoms with Crippen LogP contribution in [0.4, 0.5) is 0 Å². The van der Waals surface area contributed by atoms with Crippen LogP contribution in [-0.2, 0) is 11.3 Å². The molecule has 3 aromatic rings. The number of carbonyl (C=O) groups is 2. The lowest BCUT2D eigenvalue weighted by atomic mass is 9.76. The van der Waals surface area contributed by atoms with E-state index in [0.29, 0.717) is 48.3 Å². The van der Waals surface area contributed by atoms with Gasteiger partial charge in [-0.05, 0) is 30.7 Å². The van der Waals surface area contributed by atoms with E-state index in [1.54, 1.807) is 30.0 Å². The molecule has 29 heavy (non-hydrogen) atoms. The number of benzene rings is 2. The third kappa shape index (κ3) is 2.81. The fourth-order valence-corrected chi connectivity index (χ4v) is 4.33. The van der Waals surface area contributed by atoms with Crippen molar-refractivity contribution in [2.45, 2.75) is 25.4 Å². The molecule has 0 radical (unpaired) electrons. The van der Waals surface area contributed by atoms with Gasteiger partial charge in [0.15, 0.2) is 0 Å². The standard InChI is InChI=1S/C22H20N4O3/c1-14-23-18-9-16(7-8-17(18)20(28)24-14)21(29)25-12-22(13-25)10-19(27)26(22)11-15-5-3-2-4-6-15/h2-9H,10-13H2,1H3,(H,23,24,28). The fraction of sp³-hybridized carbons (Fsp3) is 0.273. The topological polar surface area (TPSA) is 86.4 Å². The van der Waals surface area contributed by atoms with Crippen molar-refractivity contribution in [1.82, 2.24) is 19.8 Å². The number of likely N-dealkylation sites (tertiary alicyclic amines) is 2. The Bertz CT molecular complexity index is 1200. The summed E-state index contributed by atoms with van der Waals surface area (Å²) in [5.41, 5.74) is 1.65. The Morgan fingerprint density at radius 3 is 2.62 bits per heavy atom. The third-order valence-electron chi connectivity index (χ3n) is 5.87.